The lowest BCUT2D eigenvalue weighted by molar-refractivity contribution is 0.0949. The summed E-state index contributed by atoms with van der Waals surface area (Å²) in [4.78, 5) is 16.0. The van der Waals surface area contributed by atoms with Crippen LogP contribution in [0.25, 0.3) is 0 Å². The van der Waals surface area contributed by atoms with Crippen molar-refractivity contribution in [3.8, 4) is 0 Å². The standard InChI is InChI=1S/C11H9BrIN3O2/c1-6-15-10(16-18-6)5-14-11(17)8-4-7(13)2-3-9(8)12/h2-4H,5H2,1H3,(H,14,17). The van der Waals surface area contributed by atoms with E-state index in [1.54, 1.807) is 13.0 Å². The maximum Gasteiger partial charge on any atom is 0.252 e. The number of carbonyl (C=O) groups is 1. The maximum atomic E-state index is 12.0. The summed E-state index contributed by atoms with van der Waals surface area (Å²) in [6, 6.07) is 5.57. The van der Waals surface area contributed by atoms with Crippen LogP contribution in [-0.2, 0) is 6.54 Å². The summed E-state index contributed by atoms with van der Waals surface area (Å²) in [6.45, 7) is 1.95. The first-order chi connectivity index (χ1) is 8.56. The molecular weight excluding hydrogens is 413 g/mol. The van der Waals surface area contributed by atoms with E-state index in [0.717, 1.165) is 8.04 Å². The lowest BCUT2D eigenvalue weighted by Gasteiger charge is -2.05. The molecule has 2 rings (SSSR count). The van der Waals surface area contributed by atoms with Gasteiger partial charge in [-0.05, 0) is 56.7 Å². The minimum atomic E-state index is -0.178. The molecule has 0 fully saturated rings. The molecule has 1 heterocycles. The highest BCUT2D eigenvalue weighted by Crippen LogP contribution is 2.19. The van der Waals surface area contributed by atoms with E-state index in [0.29, 0.717) is 17.3 Å². The fourth-order valence-corrected chi connectivity index (χ4v) is 2.26. The van der Waals surface area contributed by atoms with E-state index in [1.807, 2.05) is 12.1 Å². The summed E-state index contributed by atoms with van der Waals surface area (Å²) in [7, 11) is 0. The van der Waals surface area contributed by atoms with Gasteiger partial charge < -0.3 is 9.84 Å². The zero-order chi connectivity index (χ0) is 13.1. The highest BCUT2D eigenvalue weighted by Gasteiger charge is 2.11. The van der Waals surface area contributed by atoms with Gasteiger partial charge in [0.25, 0.3) is 5.91 Å². The van der Waals surface area contributed by atoms with Gasteiger partial charge in [-0.15, -0.1) is 0 Å². The number of hydrogen-bond acceptors (Lipinski definition) is 4. The van der Waals surface area contributed by atoms with Gasteiger partial charge >= 0.3 is 0 Å². The number of hydrogen-bond donors (Lipinski definition) is 1. The van der Waals surface area contributed by atoms with Crippen LogP contribution in [0.5, 0.6) is 0 Å². The van der Waals surface area contributed by atoms with Gasteiger partial charge in [0, 0.05) is 15.0 Å². The fourth-order valence-electron chi connectivity index (χ4n) is 1.34. The van der Waals surface area contributed by atoms with Crippen molar-refractivity contribution in [2.45, 2.75) is 13.5 Å². The molecule has 0 aliphatic carbocycles. The average Bonchev–Trinajstić information content (AvgIpc) is 2.75. The second-order valence-corrected chi connectivity index (χ2v) is 5.64. The fraction of sp³-hybridized carbons (Fsp3) is 0.182. The summed E-state index contributed by atoms with van der Waals surface area (Å²) in [5, 5.41) is 6.45. The van der Waals surface area contributed by atoms with Gasteiger partial charge in [0.05, 0.1) is 12.1 Å². The predicted molar refractivity (Wildman–Crippen MR) is 77.1 cm³/mol. The minimum Gasteiger partial charge on any atom is -0.345 e. The quantitative estimate of drug-likeness (QED) is 0.773. The van der Waals surface area contributed by atoms with Crippen molar-refractivity contribution in [3.05, 3.63) is 43.5 Å². The molecule has 0 aliphatic heterocycles. The molecule has 7 heteroatoms. The van der Waals surface area contributed by atoms with Crippen molar-refractivity contribution in [1.29, 1.82) is 0 Å². The van der Waals surface area contributed by atoms with Crippen LogP contribution < -0.4 is 5.32 Å². The van der Waals surface area contributed by atoms with Gasteiger partial charge in [-0.1, -0.05) is 5.16 Å². The summed E-state index contributed by atoms with van der Waals surface area (Å²) in [6.07, 6.45) is 0. The van der Waals surface area contributed by atoms with Crippen molar-refractivity contribution in [1.82, 2.24) is 15.5 Å². The first kappa shape index (κ1) is 13.5. The number of benzene rings is 1. The van der Waals surface area contributed by atoms with Crippen LogP contribution in [-0.4, -0.2) is 16.0 Å². The summed E-state index contributed by atoms with van der Waals surface area (Å²) >= 11 is 5.51. The van der Waals surface area contributed by atoms with Crippen LogP contribution in [0, 0.1) is 10.5 Å². The smallest absolute Gasteiger partial charge is 0.252 e. The highest BCUT2D eigenvalue weighted by molar-refractivity contribution is 14.1. The molecule has 1 amide bonds. The third kappa shape index (κ3) is 3.29. The molecule has 0 saturated carbocycles. The number of carbonyl (C=O) groups excluding carboxylic acids is 1. The monoisotopic (exact) mass is 421 g/mol. The highest BCUT2D eigenvalue weighted by atomic mass is 127. The second kappa shape index (κ2) is 5.79. The van der Waals surface area contributed by atoms with Crippen molar-refractivity contribution in [3.63, 3.8) is 0 Å². The molecule has 0 aliphatic rings. The molecule has 1 N–H and O–H groups in total. The SMILES string of the molecule is Cc1nc(CNC(=O)c2cc(I)ccc2Br)no1. The van der Waals surface area contributed by atoms with E-state index >= 15 is 0 Å². The van der Waals surface area contributed by atoms with E-state index in [1.165, 1.54) is 0 Å². The Bertz CT molecular complexity index is 585. The summed E-state index contributed by atoms with van der Waals surface area (Å²) in [5.41, 5.74) is 0.585. The molecule has 94 valence electrons. The van der Waals surface area contributed by atoms with Crippen molar-refractivity contribution in [2.24, 2.45) is 0 Å². The van der Waals surface area contributed by atoms with Gasteiger partial charge in [-0.3, -0.25) is 4.79 Å². The Morgan fingerprint density at radius 1 is 1.56 bits per heavy atom. The van der Waals surface area contributed by atoms with Crippen LogP contribution in [0.3, 0.4) is 0 Å². The molecule has 5 nitrogen and oxygen atoms in total. The Balaban J connectivity index is 2.05. The van der Waals surface area contributed by atoms with E-state index in [2.05, 4.69) is 54.0 Å². The van der Waals surface area contributed by atoms with E-state index in [4.69, 9.17) is 4.52 Å². The normalized spacial score (nSPS) is 10.4. The first-order valence-electron chi connectivity index (χ1n) is 5.08. The Morgan fingerprint density at radius 3 is 3.00 bits per heavy atom. The van der Waals surface area contributed by atoms with Crippen LogP contribution in [0.2, 0.25) is 0 Å². The van der Waals surface area contributed by atoms with Crippen molar-refractivity contribution in [2.75, 3.05) is 0 Å². The summed E-state index contributed by atoms with van der Waals surface area (Å²) < 4.78 is 6.57. The van der Waals surface area contributed by atoms with E-state index < -0.39 is 0 Å². The number of nitrogens with one attached hydrogen (secondary N) is 1. The first-order valence-corrected chi connectivity index (χ1v) is 6.96. The molecule has 0 unspecified atom stereocenters. The van der Waals surface area contributed by atoms with Crippen LogP contribution in [0.15, 0.2) is 27.2 Å². The molecule has 0 saturated heterocycles. The number of amides is 1. The average molecular weight is 422 g/mol. The molecule has 18 heavy (non-hydrogen) atoms. The Hall–Kier alpha value is -0.960. The molecule has 0 radical (unpaired) electrons. The molecular formula is C11H9BrIN3O2. The maximum absolute atomic E-state index is 12.0. The van der Waals surface area contributed by atoms with Gasteiger partial charge in [-0.25, -0.2) is 0 Å². The van der Waals surface area contributed by atoms with E-state index in [9.17, 15) is 4.79 Å². The number of rotatable bonds is 3. The van der Waals surface area contributed by atoms with Crippen molar-refractivity contribution < 1.29 is 9.32 Å². The minimum absolute atomic E-state index is 0.178. The molecule has 1 aromatic carbocycles. The predicted octanol–water partition coefficient (Wildman–Crippen LogP) is 2.68. The van der Waals surface area contributed by atoms with E-state index in [-0.39, 0.29) is 12.5 Å². The molecule has 2 aromatic rings. The third-order valence-corrected chi connectivity index (χ3v) is 3.51. The summed E-state index contributed by atoms with van der Waals surface area (Å²) in [5.74, 6) is 0.764. The Labute approximate surface area is 126 Å². The Morgan fingerprint density at radius 2 is 2.33 bits per heavy atom. The zero-order valence-electron chi connectivity index (χ0n) is 9.41. The molecule has 0 bridgehead atoms. The molecule has 1 aromatic heterocycles. The number of halogens is 2. The van der Waals surface area contributed by atoms with Gasteiger partial charge in [0.15, 0.2) is 5.82 Å². The largest absolute Gasteiger partial charge is 0.345 e. The zero-order valence-corrected chi connectivity index (χ0v) is 13.1. The van der Waals surface area contributed by atoms with Gasteiger partial charge in [0.1, 0.15) is 0 Å². The van der Waals surface area contributed by atoms with Gasteiger partial charge in [0.2, 0.25) is 5.89 Å². The van der Waals surface area contributed by atoms with Crippen LogP contribution in [0.4, 0.5) is 0 Å². The third-order valence-electron chi connectivity index (χ3n) is 2.15. The number of aromatic nitrogens is 2. The number of nitrogens with zero attached hydrogens (tertiary/aromatic N) is 2. The number of aryl methyl sites for hydroxylation is 1. The lowest BCUT2D eigenvalue weighted by Crippen LogP contribution is -2.23. The second-order valence-electron chi connectivity index (χ2n) is 3.54. The molecule has 0 spiro atoms. The topological polar surface area (TPSA) is 68.0 Å². The van der Waals surface area contributed by atoms with Crippen LogP contribution >= 0.6 is 38.5 Å². The lowest BCUT2D eigenvalue weighted by atomic mass is 10.2. The van der Waals surface area contributed by atoms with Crippen molar-refractivity contribution >= 4 is 44.4 Å². The molecule has 0 atom stereocenters. The van der Waals surface area contributed by atoms with Crippen LogP contribution in [0.1, 0.15) is 22.1 Å². The Kier molecular flexibility index (Phi) is 4.33. The van der Waals surface area contributed by atoms with Gasteiger partial charge in [-0.2, -0.15) is 4.98 Å².